The average molecular weight is 288 g/mol. The van der Waals surface area contributed by atoms with Crippen LogP contribution in [0.2, 0.25) is 0 Å². The largest absolute Gasteiger partial charge is 0.497 e. The lowest BCUT2D eigenvalue weighted by atomic mass is 10.1. The maximum atomic E-state index is 11.1. The molecular weight excluding hydrogens is 276 g/mol. The van der Waals surface area contributed by atoms with E-state index >= 15 is 0 Å². The molecule has 0 amide bonds. The van der Waals surface area contributed by atoms with Crippen LogP contribution in [-0.4, -0.2) is 29.3 Å². The molecule has 0 spiro atoms. The molecule has 0 bridgehead atoms. The first-order valence-corrected chi connectivity index (χ1v) is 5.94. The number of carboxylic acid groups (broad SMARTS) is 2. The average Bonchev–Trinajstić information content (AvgIpc) is 2.47. The second-order valence-corrected chi connectivity index (χ2v) is 4.10. The van der Waals surface area contributed by atoms with Crippen molar-refractivity contribution >= 4 is 11.9 Å². The Bertz CT molecular complexity index is 675. The second-order valence-electron chi connectivity index (χ2n) is 4.10. The summed E-state index contributed by atoms with van der Waals surface area (Å²) in [5.41, 5.74) is -0.167. The number of ether oxygens (including phenoxy) is 2. The van der Waals surface area contributed by atoms with Crippen LogP contribution in [0.15, 0.2) is 42.5 Å². The van der Waals surface area contributed by atoms with Gasteiger partial charge in [-0.1, -0.05) is 0 Å². The number of rotatable bonds is 5. The van der Waals surface area contributed by atoms with E-state index in [0.717, 1.165) is 0 Å². The van der Waals surface area contributed by atoms with Crippen molar-refractivity contribution in [3.05, 3.63) is 53.6 Å². The Labute approximate surface area is 120 Å². The van der Waals surface area contributed by atoms with E-state index < -0.39 is 11.9 Å². The molecule has 0 saturated carbocycles. The standard InChI is InChI=1S/C15H12O6/c1-20-10-3-5-11(6-4-10)21-13-8-9(14(16)17)2-7-12(13)15(18)19/h2-8H,1H3,(H,16,17)(H,18,19). The number of methoxy groups -OCH3 is 1. The van der Waals surface area contributed by atoms with E-state index in [4.69, 9.17) is 19.7 Å². The topological polar surface area (TPSA) is 93.1 Å². The van der Waals surface area contributed by atoms with Crippen LogP contribution in [0.3, 0.4) is 0 Å². The minimum absolute atomic E-state index is 0.0347. The molecule has 2 N–H and O–H groups in total. The van der Waals surface area contributed by atoms with Gasteiger partial charge in [0.05, 0.1) is 12.7 Å². The lowest BCUT2D eigenvalue weighted by Crippen LogP contribution is -2.03. The van der Waals surface area contributed by atoms with E-state index in [9.17, 15) is 9.59 Å². The molecule has 0 fully saturated rings. The van der Waals surface area contributed by atoms with Crippen LogP contribution in [0, 0.1) is 0 Å². The molecule has 0 aromatic heterocycles. The van der Waals surface area contributed by atoms with Crippen molar-refractivity contribution in [1.82, 2.24) is 0 Å². The van der Waals surface area contributed by atoms with Crippen LogP contribution < -0.4 is 9.47 Å². The molecule has 0 heterocycles. The van der Waals surface area contributed by atoms with Crippen LogP contribution in [0.25, 0.3) is 0 Å². The van der Waals surface area contributed by atoms with Crippen molar-refractivity contribution in [3.63, 3.8) is 0 Å². The summed E-state index contributed by atoms with van der Waals surface area (Å²) in [6.07, 6.45) is 0. The molecule has 6 nitrogen and oxygen atoms in total. The molecule has 2 aromatic carbocycles. The number of carbonyl (C=O) groups is 2. The fraction of sp³-hybridized carbons (Fsp3) is 0.0667. The second kappa shape index (κ2) is 5.96. The highest BCUT2D eigenvalue weighted by atomic mass is 16.5. The summed E-state index contributed by atoms with van der Waals surface area (Å²) in [4.78, 5) is 22.1. The molecular formula is C15H12O6. The van der Waals surface area contributed by atoms with Gasteiger partial charge >= 0.3 is 11.9 Å². The fourth-order valence-corrected chi connectivity index (χ4v) is 1.69. The van der Waals surface area contributed by atoms with Crippen molar-refractivity contribution in [2.75, 3.05) is 7.11 Å². The van der Waals surface area contributed by atoms with E-state index in [2.05, 4.69) is 0 Å². The van der Waals surface area contributed by atoms with Crippen LogP contribution in [0.4, 0.5) is 0 Å². The van der Waals surface area contributed by atoms with Gasteiger partial charge in [0.2, 0.25) is 0 Å². The van der Waals surface area contributed by atoms with E-state index in [1.807, 2.05) is 0 Å². The normalized spacial score (nSPS) is 9.95. The van der Waals surface area contributed by atoms with Crippen molar-refractivity contribution in [1.29, 1.82) is 0 Å². The van der Waals surface area contributed by atoms with E-state index in [0.29, 0.717) is 11.5 Å². The van der Waals surface area contributed by atoms with Crippen molar-refractivity contribution < 1.29 is 29.3 Å². The molecule has 21 heavy (non-hydrogen) atoms. The third kappa shape index (κ3) is 3.30. The van der Waals surface area contributed by atoms with E-state index in [1.54, 1.807) is 24.3 Å². The number of hydrogen-bond donors (Lipinski definition) is 2. The fourth-order valence-electron chi connectivity index (χ4n) is 1.69. The Hall–Kier alpha value is -3.02. The number of benzene rings is 2. The van der Waals surface area contributed by atoms with Crippen LogP contribution in [0.5, 0.6) is 17.2 Å². The summed E-state index contributed by atoms with van der Waals surface area (Å²) in [5, 5.41) is 18.1. The molecule has 2 aromatic rings. The number of hydrogen-bond acceptors (Lipinski definition) is 4. The molecule has 0 aliphatic rings. The maximum absolute atomic E-state index is 11.1. The molecule has 0 aliphatic heterocycles. The molecule has 0 aliphatic carbocycles. The highest BCUT2D eigenvalue weighted by Gasteiger charge is 2.15. The van der Waals surface area contributed by atoms with Gasteiger partial charge in [-0.05, 0) is 42.5 Å². The van der Waals surface area contributed by atoms with Crippen LogP contribution in [0.1, 0.15) is 20.7 Å². The summed E-state index contributed by atoms with van der Waals surface area (Å²) in [7, 11) is 1.52. The van der Waals surface area contributed by atoms with Gasteiger partial charge in [-0.3, -0.25) is 0 Å². The Kier molecular flexibility index (Phi) is 4.08. The molecule has 0 radical (unpaired) electrons. The summed E-state index contributed by atoms with van der Waals surface area (Å²) in [6.45, 7) is 0. The minimum atomic E-state index is -1.20. The Morgan fingerprint density at radius 2 is 1.52 bits per heavy atom. The number of carboxylic acids is 2. The molecule has 6 heteroatoms. The molecule has 0 saturated heterocycles. The highest BCUT2D eigenvalue weighted by Crippen LogP contribution is 2.28. The number of aromatic carboxylic acids is 2. The van der Waals surface area contributed by atoms with Crippen LogP contribution >= 0.6 is 0 Å². The van der Waals surface area contributed by atoms with E-state index in [1.165, 1.54) is 25.3 Å². The molecule has 2 rings (SSSR count). The third-order valence-corrected chi connectivity index (χ3v) is 2.75. The lowest BCUT2D eigenvalue weighted by Gasteiger charge is -2.10. The summed E-state index contributed by atoms with van der Waals surface area (Å²) < 4.78 is 10.5. The Balaban J connectivity index is 2.37. The van der Waals surface area contributed by atoms with Gasteiger partial charge in [-0.2, -0.15) is 0 Å². The zero-order valence-electron chi connectivity index (χ0n) is 11.1. The molecule has 0 unspecified atom stereocenters. The molecule has 0 atom stereocenters. The zero-order valence-corrected chi connectivity index (χ0v) is 11.1. The predicted molar refractivity (Wildman–Crippen MR) is 73.4 cm³/mol. The predicted octanol–water partition coefficient (Wildman–Crippen LogP) is 2.88. The first-order chi connectivity index (χ1) is 10.0. The Morgan fingerprint density at radius 3 is 2.05 bits per heavy atom. The van der Waals surface area contributed by atoms with Crippen molar-refractivity contribution in [2.24, 2.45) is 0 Å². The van der Waals surface area contributed by atoms with Gasteiger partial charge in [0.1, 0.15) is 22.8 Å². The smallest absolute Gasteiger partial charge is 0.339 e. The van der Waals surface area contributed by atoms with Crippen molar-refractivity contribution in [2.45, 2.75) is 0 Å². The lowest BCUT2D eigenvalue weighted by molar-refractivity contribution is 0.0678. The van der Waals surface area contributed by atoms with Gasteiger partial charge in [0.25, 0.3) is 0 Å². The van der Waals surface area contributed by atoms with Crippen LogP contribution in [-0.2, 0) is 0 Å². The van der Waals surface area contributed by atoms with Gasteiger partial charge in [-0.25, -0.2) is 9.59 Å². The van der Waals surface area contributed by atoms with Gasteiger partial charge < -0.3 is 19.7 Å². The van der Waals surface area contributed by atoms with Gasteiger partial charge in [0.15, 0.2) is 0 Å². The summed E-state index contributed by atoms with van der Waals surface area (Å²) >= 11 is 0. The van der Waals surface area contributed by atoms with Gasteiger partial charge in [0, 0.05) is 0 Å². The van der Waals surface area contributed by atoms with Crippen molar-refractivity contribution in [3.8, 4) is 17.2 Å². The molecule has 108 valence electrons. The minimum Gasteiger partial charge on any atom is -0.497 e. The van der Waals surface area contributed by atoms with E-state index in [-0.39, 0.29) is 16.9 Å². The zero-order chi connectivity index (χ0) is 15.4. The van der Waals surface area contributed by atoms with Gasteiger partial charge in [-0.15, -0.1) is 0 Å². The third-order valence-electron chi connectivity index (χ3n) is 2.75. The monoisotopic (exact) mass is 288 g/mol. The highest BCUT2D eigenvalue weighted by molar-refractivity contribution is 5.94. The first kappa shape index (κ1) is 14.4. The summed E-state index contributed by atoms with van der Waals surface area (Å²) in [6, 6.07) is 10.1. The first-order valence-electron chi connectivity index (χ1n) is 5.94. The SMILES string of the molecule is COc1ccc(Oc2cc(C(=O)O)ccc2C(=O)O)cc1. The Morgan fingerprint density at radius 1 is 0.905 bits per heavy atom. The maximum Gasteiger partial charge on any atom is 0.339 e. The summed E-state index contributed by atoms with van der Waals surface area (Å²) in [5.74, 6) is -1.39. The quantitative estimate of drug-likeness (QED) is 0.878.